The van der Waals surface area contributed by atoms with Gasteiger partial charge in [-0.1, -0.05) is 18.2 Å². The van der Waals surface area contributed by atoms with Crippen molar-refractivity contribution in [3.63, 3.8) is 0 Å². The minimum Gasteiger partial charge on any atom is -0.321 e. The molecule has 0 bridgehead atoms. The van der Waals surface area contributed by atoms with Gasteiger partial charge in [0.2, 0.25) is 0 Å². The number of amides is 1. The van der Waals surface area contributed by atoms with Crippen LogP contribution in [0.4, 0.5) is 18.9 Å². The first kappa shape index (κ1) is 15.8. The summed E-state index contributed by atoms with van der Waals surface area (Å²) in [6.07, 6.45) is -3.97. The van der Waals surface area contributed by atoms with Gasteiger partial charge in [-0.15, -0.1) is 0 Å². The summed E-state index contributed by atoms with van der Waals surface area (Å²) >= 11 is 0. The summed E-state index contributed by atoms with van der Waals surface area (Å²) in [6, 6.07) is 9.07. The second kappa shape index (κ2) is 6.01. The number of para-hydroxylation sites is 1. The van der Waals surface area contributed by atoms with Crippen molar-refractivity contribution in [3.05, 3.63) is 64.7 Å². The van der Waals surface area contributed by atoms with E-state index in [1.54, 1.807) is 13.0 Å². The van der Waals surface area contributed by atoms with E-state index in [0.717, 1.165) is 6.07 Å². The Bertz CT molecular complexity index is 724. The zero-order valence-electron chi connectivity index (χ0n) is 11.6. The van der Waals surface area contributed by atoms with Crippen molar-refractivity contribution in [1.29, 1.82) is 0 Å². The molecule has 2 aromatic rings. The van der Waals surface area contributed by atoms with Crippen LogP contribution >= 0.6 is 0 Å². The normalized spacial score (nSPS) is 11.1. The minimum atomic E-state index is -4.56. The molecule has 0 saturated carbocycles. The van der Waals surface area contributed by atoms with Crippen LogP contribution in [0.25, 0.3) is 0 Å². The lowest BCUT2D eigenvalue weighted by atomic mass is 10.1. The van der Waals surface area contributed by atoms with Crippen LogP contribution < -0.4 is 5.32 Å². The fourth-order valence-corrected chi connectivity index (χ4v) is 1.94. The van der Waals surface area contributed by atoms with Gasteiger partial charge in [0.05, 0.1) is 11.3 Å². The molecule has 0 atom stereocenters. The largest absolute Gasteiger partial charge is 0.418 e. The summed E-state index contributed by atoms with van der Waals surface area (Å²) < 4.78 is 38.6. The standard InChI is InChI=1S/C16H12F3NO2/c1-10-6-7-11(8-12(10)9-21)15(22)20-14-5-3-2-4-13(14)16(17,18)19/h2-9H,1H3,(H,20,22). The predicted molar refractivity (Wildman–Crippen MR) is 76.0 cm³/mol. The molecule has 0 saturated heterocycles. The third-order valence-electron chi connectivity index (χ3n) is 3.15. The molecule has 0 aromatic heterocycles. The van der Waals surface area contributed by atoms with Crippen LogP contribution in [0, 0.1) is 6.92 Å². The second-order valence-corrected chi connectivity index (χ2v) is 4.69. The zero-order valence-corrected chi connectivity index (χ0v) is 11.6. The highest BCUT2D eigenvalue weighted by molar-refractivity contribution is 6.05. The van der Waals surface area contributed by atoms with Gasteiger partial charge in [-0.05, 0) is 36.8 Å². The van der Waals surface area contributed by atoms with E-state index in [1.165, 1.54) is 30.3 Å². The maximum Gasteiger partial charge on any atom is 0.418 e. The van der Waals surface area contributed by atoms with E-state index in [2.05, 4.69) is 5.32 Å². The van der Waals surface area contributed by atoms with E-state index in [0.29, 0.717) is 17.4 Å². The number of anilines is 1. The number of halogens is 3. The molecule has 0 fully saturated rings. The van der Waals surface area contributed by atoms with E-state index < -0.39 is 17.6 Å². The van der Waals surface area contributed by atoms with Crippen LogP contribution in [-0.2, 0) is 6.18 Å². The Morgan fingerprint density at radius 1 is 1.14 bits per heavy atom. The molecule has 1 N–H and O–H groups in total. The maximum atomic E-state index is 12.9. The smallest absolute Gasteiger partial charge is 0.321 e. The summed E-state index contributed by atoms with van der Waals surface area (Å²) in [7, 11) is 0. The molecular weight excluding hydrogens is 295 g/mol. The van der Waals surface area contributed by atoms with Gasteiger partial charge in [0, 0.05) is 11.1 Å². The fourth-order valence-electron chi connectivity index (χ4n) is 1.94. The van der Waals surface area contributed by atoms with Crippen LogP contribution in [0.15, 0.2) is 42.5 Å². The number of carbonyl (C=O) groups is 2. The summed E-state index contributed by atoms with van der Waals surface area (Å²) in [4.78, 5) is 22.9. The SMILES string of the molecule is Cc1ccc(C(=O)Nc2ccccc2C(F)(F)F)cc1C=O. The number of alkyl halides is 3. The first-order valence-electron chi connectivity index (χ1n) is 6.36. The number of rotatable bonds is 3. The Hall–Kier alpha value is -2.63. The van der Waals surface area contributed by atoms with Gasteiger partial charge in [0.25, 0.3) is 5.91 Å². The summed E-state index contributed by atoms with van der Waals surface area (Å²) in [5.74, 6) is -0.709. The average Bonchev–Trinajstić information content (AvgIpc) is 2.47. The fraction of sp³-hybridized carbons (Fsp3) is 0.125. The molecule has 0 aliphatic rings. The minimum absolute atomic E-state index is 0.115. The monoisotopic (exact) mass is 307 g/mol. The number of benzene rings is 2. The number of carbonyl (C=O) groups excluding carboxylic acids is 2. The van der Waals surface area contributed by atoms with Crippen molar-refractivity contribution in [2.24, 2.45) is 0 Å². The highest BCUT2D eigenvalue weighted by Gasteiger charge is 2.33. The van der Waals surface area contributed by atoms with Crippen LogP contribution in [0.5, 0.6) is 0 Å². The van der Waals surface area contributed by atoms with Gasteiger partial charge >= 0.3 is 6.18 Å². The van der Waals surface area contributed by atoms with Crippen molar-refractivity contribution in [2.45, 2.75) is 13.1 Å². The topological polar surface area (TPSA) is 46.2 Å². The highest BCUT2D eigenvalue weighted by Crippen LogP contribution is 2.34. The Morgan fingerprint density at radius 3 is 2.45 bits per heavy atom. The molecule has 114 valence electrons. The quantitative estimate of drug-likeness (QED) is 0.869. The van der Waals surface area contributed by atoms with Crippen molar-refractivity contribution in [2.75, 3.05) is 5.32 Å². The lowest BCUT2D eigenvalue weighted by molar-refractivity contribution is -0.136. The Kier molecular flexibility index (Phi) is 4.30. The van der Waals surface area contributed by atoms with E-state index >= 15 is 0 Å². The van der Waals surface area contributed by atoms with Crippen molar-refractivity contribution in [1.82, 2.24) is 0 Å². The molecular formula is C16H12F3NO2. The van der Waals surface area contributed by atoms with Gasteiger partial charge in [-0.2, -0.15) is 13.2 Å². The van der Waals surface area contributed by atoms with Crippen molar-refractivity contribution in [3.8, 4) is 0 Å². The molecule has 0 aliphatic heterocycles. The maximum absolute atomic E-state index is 12.9. The lowest BCUT2D eigenvalue weighted by Gasteiger charge is -2.13. The van der Waals surface area contributed by atoms with E-state index in [9.17, 15) is 22.8 Å². The molecule has 3 nitrogen and oxygen atoms in total. The molecule has 0 heterocycles. The highest BCUT2D eigenvalue weighted by atomic mass is 19.4. The van der Waals surface area contributed by atoms with Crippen molar-refractivity contribution >= 4 is 17.9 Å². The van der Waals surface area contributed by atoms with Gasteiger partial charge in [-0.3, -0.25) is 9.59 Å². The third kappa shape index (κ3) is 3.33. The van der Waals surface area contributed by atoms with Crippen LogP contribution in [0.3, 0.4) is 0 Å². The molecule has 0 aliphatic carbocycles. The first-order chi connectivity index (χ1) is 10.3. The molecule has 2 rings (SSSR count). The summed E-state index contributed by atoms with van der Waals surface area (Å²) in [6.45, 7) is 1.70. The van der Waals surface area contributed by atoms with Gasteiger partial charge < -0.3 is 5.32 Å². The molecule has 0 spiro atoms. The molecule has 0 unspecified atom stereocenters. The number of nitrogens with one attached hydrogen (secondary N) is 1. The zero-order chi connectivity index (χ0) is 16.3. The van der Waals surface area contributed by atoms with Crippen LogP contribution in [0.2, 0.25) is 0 Å². The number of aldehydes is 1. The molecule has 2 aromatic carbocycles. The number of hydrogen-bond donors (Lipinski definition) is 1. The lowest BCUT2D eigenvalue weighted by Crippen LogP contribution is -2.16. The molecule has 6 heteroatoms. The molecule has 1 amide bonds. The third-order valence-corrected chi connectivity index (χ3v) is 3.15. The molecule has 0 radical (unpaired) electrons. The van der Waals surface area contributed by atoms with E-state index in [4.69, 9.17) is 0 Å². The first-order valence-corrected chi connectivity index (χ1v) is 6.36. The Balaban J connectivity index is 2.32. The van der Waals surface area contributed by atoms with Crippen LogP contribution in [-0.4, -0.2) is 12.2 Å². The average molecular weight is 307 g/mol. The van der Waals surface area contributed by atoms with E-state index in [1.807, 2.05) is 0 Å². The summed E-state index contributed by atoms with van der Waals surface area (Å²) in [5.41, 5.74) is -0.136. The Labute approximate surface area is 124 Å². The van der Waals surface area contributed by atoms with Gasteiger partial charge in [0.1, 0.15) is 6.29 Å². The van der Waals surface area contributed by atoms with Gasteiger partial charge in [0.15, 0.2) is 0 Å². The summed E-state index contributed by atoms with van der Waals surface area (Å²) in [5, 5.41) is 2.23. The second-order valence-electron chi connectivity index (χ2n) is 4.69. The number of hydrogen-bond acceptors (Lipinski definition) is 2. The van der Waals surface area contributed by atoms with Crippen LogP contribution in [0.1, 0.15) is 31.8 Å². The van der Waals surface area contributed by atoms with E-state index in [-0.39, 0.29) is 11.3 Å². The molecule has 22 heavy (non-hydrogen) atoms. The Morgan fingerprint density at radius 2 is 1.82 bits per heavy atom. The number of aryl methyl sites for hydroxylation is 1. The van der Waals surface area contributed by atoms with Gasteiger partial charge in [-0.25, -0.2) is 0 Å². The predicted octanol–water partition coefficient (Wildman–Crippen LogP) is 4.08. The van der Waals surface area contributed by atoms with Crippen molar-refractivity contribution < 1.29 is 22.8 Å².